The highest BCUT2D eigenvalue weighted by Crippen LogP contribution is 2.29. The molecule has 1 aromatic heterocycles. The van der Waals surface area contributed by atoms with Crippen LogP contribution in [0.1, 0.15) is 23.7 Å². The van der Waals surface area contributed by atoms with E-state index in [0.29, 0.717) is 23.4 Å². The van der Waals surface area contributed by atoms with Crippen LogP contribution in [0.4, 0.5) is 5.82 Å². The van der Waals surface area contributed by atoms with Crippen LogP contribution >= 0.6 is 0 Å². The van der Waals surface area contributed by atoms with Gasteiger partial charge >= 0.3 is 0 Å². The van der Waals surface area contributed by atoms with Crippen molar-refractivity contribution in [2.45, 2.75) is 31.2 Å². The van der Waals surface area contributed by atoms with Crippen molar-refractivity contribution in [2.75, 3.05) is 23.3 Å². The lowest BCUT2D eigenvalue weighted by Crippen LogP contribution is -2.20. The van der Waals surface area contributed by atoms with Gasteiger partial charge in [-0.2, -0.15) is 5.10 Å². The summed E-state index contributed by atoms with van der Waals surface area (Å²) in [6, 6.07) is 5.80. The van der Waals surface area contributed by atoms with E-state index in [2.05, 4.69) is 9.82 Å². The highest BCUT2D eigenvalue weighted by molar-refractivity contribution is 7.92. The van der Waals surface area contributed by atoms with Crippen LogP contribution in [-0.4, -0.2) is 45.2 Å². The molecule has 2 aromatic rings. The Morgan fingerprint density at radius 1 is 1.27 bits per heavy atom. The zero-order valence-corrected chi connectivity index (χ0v) is 16.4. The van der Waals surface area contributed by atoms with E-state index >= 15 is 0 Å². The maximum absolute atomic E-state index is 12.7. The molecule has 0 spiro atoms. The van der Waals surface area contributed by atoms with E-state index in [1.807, 2.05) is 0 Å². The highest BCUT2D eigenvalue weighted by Gasteiger charge is 2.32. The first-order valence-electron chi connectivity index (χ1n) is 8.05. The molecule has 2 heterocycles. The topological polar surface area (TPSA) is 107 Å². The van der Waals surface area contributed by atoms with Gasteiger partial charge in [0.15, 0.2) is 9.84 Å². The molecule has 1 aromatic carbocycles. The number of nitrogens with zero attached hydrogens (tertiary/aromatic N) is 2. The Labute approximate surface area is 153 Å². The minimum Gasteiger partial charge on any atom is -0.496 e. The number of aryl methyl sites for hydroxylation is 2. The molecule has 0 aliphatic carbocycles. The number of rotatable bonds is 5. The van der Waals surface area contributed by atoms with Gasteiger partial charge in [0.25, 0.3) is 10.0 Å². The van der Waals surface area contributed by atoms with Crippen LogP contribution in [-0.2, 0) is 19.9 Å². The number of anilines is 1. The van der Waals surface area contributed by atoms with Crippen LogP contribution in [0.5, 0.6) is 5.75 Å². The number of methoxy groups -OCH3 is 1. The molecule has 0 bridgehead atoms. The third-order valence-corrected chi connectivity index (χ3v) is 7.43. The molecule has 1 N–H and O–H groups in total. The summed E-state index contributed by atoms with van der Waals surface area (Å²) in [4.78, 5) is 0.0975. The Morgan fingerprint density at radius 2 is 2.00 bits per heavy atom. The Morgan fingerprint density at radius 3 is 2.58 bits per heavy atom. The van der Waals surface area contributed by atoms with E-state index in [1.54, 1.807) is 26.0 Å². The lowest BCUT2D eigenvalue weighted by molar-refractivity contribution is 0.411. The predicted octanol–water partition coefficient (Wildman–Crippen LogP) is 1.67. The van der Waals surface area contributed by atoms with Crippen LogP contribution in [0, 0.1) is 13.8 Å². The largest absolute Gasteiger partial charge is 0.496 e. The number of sulfone groups is 1. The van der Waals surface area contributed by atoms with E-state index in [0.717, 1.165) is 0 Å². The van der Waals surface area contributed by atoms with Crippen molar-refractivity contribution in [2.24, 2.45) is 0 Å². The van der Waals surface area contributed by atoms with Crippen molar-refractivity contribution in [3.8, 4) is 5.75 Å². The molecule has 10 heteroatoms. The summed E-state index contributed by atoms with van der Waals surface area (Å²) in [6.45, 7) is 3.49. The third kappa shape index (κ3) is 3.70. The quantitative estimate of drug-likeness (QED) is 0.819. The second-order valence-corrected chi connectivity index (χ2v) is 10.3. The fourth-order valence-corrected chi connectivity index (χ4v) is 5.87. The summed E-state index contributed by atoms with van der Waals surface area (Å²) in [5.41, 5.74) is 1.31. The van der Waals surface area contributed by atoms with Gasteiger partial charge in [-0.1, -0.05) is 0 Å². The Hall–Kier alpha value is -2.07. The number of nitrogens with one attached hydrogen (secondary N) is 1. The normalized spacial score (nSPS) is 19.4. The summed E-state index contributed by atoms with van der Waals surface area (Å²) in [5, 5.41) is 4.29. The molecule has 1 saturated heterocycles. The summed E-state index contributed by atoms with van der Waals surface area (Å²) in [5.74, 6) is 0.907. The van der Waals surface area contributed by atoms with Crippen molar-refractivity contribution < 1.29 is 21.6 Å². The van der Waals surface area contributed by atoms with Crippen LogP contribution in [0.3, 0.4) is 0 Å². The minimum atomic E-state index is -3.84. The average molecular weight is 399 g/mol. The van der Waals surface area contributed by atoms with Crippen molar-refractivity contribution in [3.63, 3.8) is 0 Å². The summed E-state index contributed by atoms with van der Waals surface area (Å²) >= 11 is 0. The van der Waals surface area contributed by atoms with Gasteiger partial charge in [-0.05, 0) is 44.0 Å². The molecule has 1 aliphatic rings. The standard InChI is InChI=1S/C16H21N3O5S2/c1-11-8-14(4-5-15(11)24-3)26(22,23)18-16-9-12(2)17-19(16)13-6-7-25(20,21)10-13/h4-5,8-9,13,18H,6-7,10H2,1-3H3/t13-/m1/s1. The van der Waals surface area contributed by atoms with Crippen molar-refractivity contribution in [1.82, 2.24) is 9.78 Å². The van der Waals surface area contributed by atoms with Crippen LogP contribution < -0.4 is 9.46 Å². The molecule has 3 rings (SSSR count). The monoisotopic (exact) mass is 399 g/mol. The molecular weight excluding hydrogens is 378 g/mol. The molecule has 142 valence electrons. The first-order valence-corrected chi connectivity index (χ1v) is 11.4. The van der Waals surface area contributed by atoms with Gasteiger partial charge in [0.05, 0.1) is 35.2 Å². The first kappa shape index (κ1) is 18.7. The average Bonchev–Trinajstić information content (AvgIpc) is 3.08. The third-order valence-electron chi connectivity index (χ3n) is 4.33. The Kier molecular flexibility index (Phi) is 4.74. The SMILES string of the molecule is COc1ccc(S(=O)(=O)Nc2cc(C)nn2[C@@H]2CCS(=O)(=O)C2)cc1C. The fraction of sp³-hybridized carbons (Fsp3) is 0.438. The lowest BCUT2D eigenvalue weighted by atomic mass is 10.2. The number of hydrogen-bond acceptors (Lipinski definition) is 6. The smallest absolute Gasteiger partial charge is 0.263 e. The van der Waals surface area contributed by atoms with Crippen LogP contribution in [0.25, 0.3) is 0 Å². The molecule has 1 aliphatic heterocycles. The van der Waals surface area contributed by atoms with Crippen molar-refractivity contribution in [3.05, 3.63) is 35.5 Å². The van der Waals surface area contributed by atoms with E-state index in [4.69, 9.17) is 4.74 Å². The molecule has 8 nitrogen and oxygen atoms in total. The van der Waals surface area contributed by atoms with Gasteiger partial charge in [0, 0.05) is 6.07 Å². The van der Waals surface area contributed by atoms with Crippen LogP contribution in [0.15, 0.2) is 29.2 Å². The molecule has 0 amide bonds. The van der Waals surface area contributed by atoms with Gasteiger partial charge in [-0.25, -0.2) is 21.5 Å². The summed E-state index contributed by atoms with van der Waals surface area (Å²) in [6.07, 6.45) is 0.416. The van der Waals surface area contributed by atoms with Gasteiger partial charge in [-0.15, -0.1) is 0 Å². The van der Waals surface area contributed by atoms with Gasteiger partial charge in [-0.3, -0.25) is 4.72 Å². The maximum atomic E-state index is 12.7. The molecular formula is C16H21N3O5S2. The Bertz CT molecular complexity index is 1040. The number of ether oxygens (including phenoxy) is 1. The highest BCUT2D eigenvalue weighted by atomic mass is 32.2. The summed E-state index contributed by atoms with van der Waals surface area (Å²) < 4.78 is 58.1. The molecule has 1 atom stereocenters. The van der Waals surface area contributed by atoms with Gasteiger partial charge in [0.1, 0.15) is 11.6 Å². The Balaban J connectivity index is 1.92. The molecule has 0 unspecified atom stereocenters. The minimum absolute atomic E-state index is 0.0372. The van der Waals surface area contributed by atoms with Gasteiger partial charge < -0.3 is 4.74 Å². The summed E-state index contributed by atoms with van der Waals surface area (Å²) in [7, 11) is -5.44. The second kappa shape index (κ2) is 6.58. The lowest BCUT2D eigenvalue weighted by Gasteiger charge is -2.15. The number of hydrogen-bond donors (Lipinski definition) is 1. The fourth-order valence-electron chi connectivity index (χ4n) is 3.05. The zero-order chi connectivity index (χ0) is 19.1. The van der Waals surface area contributed by atoms with Crippen molar-refractivity contribution in [1.29, 1.82) is 0 Å². The molecule has 1 fully saturated rings. The first-order chi connectivity index (χ1) is 12.1. The number of sulfonamides is 1. The van der Waals surface area contributed by atoms with E-state index in [-0.39, 0.29) is 28.3 Å². The molecule has 26 heavy (non-hydrogen) atoms. The molecule has 0 radical (unpaired) electrons. The zero-order valence-electron chi connectivity index (χ0n) is 14.8. The predicted molar refractivity (Wildman–Crippen MR) is 97.8 cm³/mol. The van der Waals surface area contributed by atoms with E-state index in [1.165, 1.54) is 23.9 Å². The van der Waals surface area contributed by atoms with Gasteiger partial charge in [0.2, 0.25) is 0 Å². The second-order valence-electron chi connectivity index (χ2n) is 6.41. The maximum Gasteiger partial charge on any atom is 0.263 e. The van der Waals surface area contributed by atoms with Crippen molar-refractivity contribution >= 4 is 25.7 Å². The number of aromatic nitrogens is 2. The number of benzene rings is 1. The molecule has 0 saturated carbocycles. The van der Waals surface area contributed by atoms with Crippen LogP contribution in [0.2, 0.25) is 0 Å². The van der Waals surface area contributed by atoms with E-state index in [9.17, 15) is 16.8 Å². The van der Waals surface area contributed by atoms with E-state index < -0.39 is 19.9 Å².